The standard InChI is InChI=1S/C20H22O6/c1-13(21)15-6-8-17(23-2)16(11-15)12-26-20(22)10-14-5-7-18(24-3)19(9-14)25-4/h5-9,11H,10,12H2,1-4H3. The molecule has 2 aromatic rings. The summed E-state index contributed by atoms with van der Waals surface area (Å²) >= 11 is 0. The quantitative estimate of drug-likeness (QED) is 0.533. The fourth-order valence-corrected chi connectivity index (χ4v) is 2.48. The Kier molecular flexibility index (Phi) is 6.60. The highest BCUT2D eigenvalue weighted by Crippen LogP contribution is 2.28. The summed E-state index contributed by atoms with van der Waals surface area (Å²) in [6.07, 6.45) is 0.0923. The molecule has 26 heavy (non-hydrogen) atoms. The van der Waals surface area contributed by atoms with Gasteiger partial charge >= 0.3 is 5.97 Å². The first-order valence-electron chi connectivity index (χ1n) is 8.02. The molecule has 0 aliphatic carbocycles. The van der Waals surface area contributed by atoms with Crippen molar-refractivity contribution in [3.05, 3.63) is 53.1 Å². The number of hydrogen-bond acceptors (Lipinski definition) is 6. The van der Waals surface area contributed by atoms with Crippen molar-refractivity contribution in [2.75, 3.05) is 21.3 Å². The lowest BCUT2D eigenvalue weighted by molar-refractivity contribution is -0.144. The van der Waals surface area contributed by atoms with Gasteiger partial charge in [0, 0.05) is 11.1 Å². The Morgan fingerprint density at radius 2 is 1.50 bits per heavy atom. The molecule has 0 atom stereocenters. The van der Waals surface area contributed by atoms with Crippen LogP contribution in [0.3, 0.4) is 0 Å². The summed E-state index contributed by atoms with van der Waals surface area (Å²) in [7, 11) is 4.61. The van der Waals surface area contributed by atoms with E-state index < -0.39 is 5.97 Å². The van der Waals surface area contributed by atoms with Gasteiger partial charge in [0.05, 0.1) is 27.8 Å². The summed E-state index contributed by atoms with van der Waals surface area (Å²) in [5.74, 6) is 1.25. The Morgan fingerprint density at radius 3 is 2.12 bits per heavy atom. The zero-order valence-corrected chi connectivity index (χ0v) is 15.3. The van der Waals surface area contributed by atoms with Crippen molar-refractivity contribution >= 4 is 11.8 Å². The molecule has 0 aliphatic rings. The molecule has 0 bridgehead atoms. The van der Waals surface area contributed by atoms with Crippen molar-refractivity contribution in [3.8, 4) is 17.2 Å². The van der Waals surface area contributed by atoms with Crippen LogP contribution in [0, 0.1) is 0 Å². The summed E-state index contributed by atoms with van der Waals surface area (Å²) < 4.78 is 21.0. The van der Waals surface area contributed by atoms with E-state index in [9.17, 15) is 9.59 Å². The van der Waals surface area contributed by atoms with Crippen LogP contribution in [-0.2, 0) is 22.6 Å². The fourth-order valence-electron chi connectivity index (χ4n) is 2.48. The van der Waals surface area contributed by atoms with E-state index in [-0.39, 0.29) is 18.8 Å². The zero-order valence-electron chi connectivity index (χ0n) is 15.3. The van der Waals surface area contributed by atoms with Gasteiger partial charge in [0.1, 0.15) is 12.4 Å². The molecule has 0 spiro atoms. The second-order valence-corrected chi connectivity index (χ2v) is 5.61. The number of benzene rings is 2. The van der Waals surface area contributed by atoms with Gasteiger partial charge in [0.25, 0.3) is 0 Å². The maximum Gasteiger partial charge on any atom is 0.310 e. The molecule has 0 saturated carbocycles. The molecular weight excluding hydrogens is 336 g/mol. The maximum atomic E-state index is 12.2. The smallest absolute Gasteiger partial charge is 0.310 e. The van der Waals surface area contributed by atoms with Gasteiger partial charge in [-0.2, -0.15) is 0 Å². The lowest BCUT2D eigenvalue weighted by Crippen LogP contribution is -2.09. The molecule has 0 fully saturated rings. The van der Waals surface area contributed by atoms with Crippen LogP contribution in [-0.4, -0.2) is 33.1 Å². The van der Waals surface area contributed by atoms with Gasteiger partial charge in [0.2, 0.25) is 0 Å². The molecule has 0 saturated heterocycles. The van der Waals surface area contributed by atoms with Crippen molar-refractivity contribution < 1.29 is 28.5 Å². The summed E-state index contributed by atoms with van der Waals surface area (Å²) in [6.45, 7) is 1.51. The van der Waals surface area contributed by atoms with Gasteiger partial charge < -0.3 is 18.9 Å². The third-order valence-electron chi connectivity index (χ3n) is 3.87. The average Bonchev–Trinajstić information content (AvgIpc) is 2.65. The van der Waals surface area contributed by atoms with Crippen molar-refractivity contribution in [1.82, 2.24) is 0 Å². The maximum absolute atomic E-state index is 12.2. The van der Waals surface area contributed by atoms with Gasteiger partial charge in [-0.1, -0.05) is 6.07 Å². The van der Waals surface area contributed by atoms with Crippen LogP contribution >= 0.6 is 0 Å². The molecule has 0 N–H and O–H groups in total. The zero-order chi connectivity index (χ0) is 19.1. The Labute approximate surface area is 152 Å². The van der Waals surface area contributed by atoms with E-state index in [0.29, 0.717) is 28.4 Å². The predicted molar refractivity (Wildman–Crippen MR) is 96.0 cm³/mol. The molecule has 0 amide bonds. The van der Waals surface area contributed by atoms with Crippen LogP contribution in [0.5, 0.6) is 17.2 Å². The van der Waals surface area contributed by atoms with Crippen molar-refractivity contribution in [2.24, 2.45) is 0 Å². The molecule has 138 valence electrons. The van der Waals surface area contributed by atoms with Crippen LogP contribution in [0.1, 0.15) is 28.4 Å². The lowest BCUT2D eigenvalue weighted by atomic mass is 10.1. The second kappa shape index (κ2) is 8.89. The van der Waals surface area contributed by atoms with Gasteiger partial charge in [-0.25, -0.2) is 0 Å². The predicted octanol–water partition coefficient (Wildman–Crippen LogP) is 3.20. The number of hydrogen-bond donors (Lipinski definition) is 0. The monoisotopic (exact) mass is 358 g/mol. The highest BCUT2D eigenvalue weighted by Gasteiger charge is 2.12. The number of esters is 1. The van der Waals surface area contributed by atoms with E-state index in [1.165, 1.54) is 21.1 Å². The first-order chi connectivity index (χ1) is 12.5. The molecular formula is C20H22O6. The first kappa shape index (κ1) is 19.3. The van der Waals surface area contributed by atoms with E-state index in [0.717, 1.165) is 5.56 Å². The molecule has 6 heteroatoms. The number of methoxy groups -OCH3 is 3. The van der Waals surface area contributed by atoms with Crippen molar-refractivity contribution in [3.63, 3.8) is 0 Å². The first-order valence-corrected chi connectivity index (χ1v) is 8.02. The van der Waals surface area contributed by atoms with Gasteiger partial charge in [-0.15, -0.1) is 0 Å². The lowest BCUT2D eigenvalue weighted by Gasteiger charge is -2.12. The number of carbonyl (C=O) groups is 2. The molecule has 0 heterocycles. The van der Waals surface area contributed by atoms with Crippen LogP contribution in [0.25, 0.3) is 0 Å². The molecule has 0 aliphatic heterocycles. The molecule has 2 rings (SSSR count). The van der Waals surface area contributed by atoms with Gasteiger partial charge in [-0.05, 0) is 42.8 Å². The van der Waals surface area contributed by atoms with Gasteiger partial charge in [0.15, 0.2) is 17.3 Å². The average molecular weight is 358 g/mol. The highest BCUT2D eigenvalue weighted by molar-refractivity contribution is 5.94. The Balaban J connectivity index is 2.05. The normalized spacial score (nSPS) is 10.2. The highest BCUT2D eigenvalue weighted by atomic mass is 16.5. The van der Waals surface area contributed by atoms with E-state index in [4.69, 9.17) is 18.9 Å². The summed E-state index contributed by atoms with van der Waals surface area (Å²) in [4.78, 5) is 23.7. The number of carbonyl (C=O) groups excluding carboxylic acids is 2. The number of rotatable bonds is 8. The Bertz CT molecular complexity index is 797. The third kappa shape index (κ3) is 4.75. The van der Waals surface area contributed by atoms with E-state index in [1.54, 1.807) is 43.5 Å². The second-order valence-electron chi connectivity index (χ2n) is 5.61. The minimum absolute atomic E-state index is 0.0242. The van der Waals surface area contributed by atoms with Crippen LogP contribution in [0.15, 0.2) is 36.4 Å². The fraction of sp³-hybridized carbons (Fsp3) is 0.300. The Hall–Kier alpha value is -3.02. The molecule has 6 nitrogen and oxygen atoms in total. The Morgan fingerprint density at radius 1 is 0.846 bits per heavy atom. The summed E-state index contributed by atoms with van der Waals surface area (Å²) in [6, 6.07) is 10.3. The van der Waals surface area contributed by atoms with Crippen molar-refractivity contribution in [1.29, 1.82) is 0 Å². The van der Waals surface area contributed by atoms with E-state index in [1.807, 2.05) is 0 Å². The summed E-state index contributed by atoms with van der Waals surface area (Å²) in [5, 5.41) is 0. The van der Waals surface area contributed by atoms with Gasteiger partial charge in [-0.3, -0.25) is 9.59 Å². The van der Waals surface area contributed by atoms with E-state index in [2.05, 4.69) is 0 Å². The van der Waals surface area contributed by atoms with Crippen LogP contribution in [0.2, 0.25) is 0 Å². The number of ether oxygens (including phenoxy) is 4. The largest absolute Gasteiger partial charge is 0.496 e. The van der Waals surface area contributed by atoms with E-state index >= 15 is 0 Å². The molecule has 0 radical (unpaired) electrons. The molecule has 0 aromatic heterocycles. The number of Topliss-reactive ketones (excluding diaryl/α,β-unsaturated/α-hetero) is 1. The SMILES string of the molecule is COc1ccc(C(C)=O)cc1COC(=O)Cc1ccc(OC)c(OC)c1. The minimum Gasteiger partial charge on any atom is -0.496 e. The molecule has 2 aromatic carbocycles. The van der Waals surface area contributed by atoms with Crippen LogP contribution < -0.4 is 14.2 Å². The van der Waals surface area contributed by atoms with Crippen LogP contribution in [0.4, 0.5) is 0 Å². The minimum atomic E-state index is -0.396. The molecule has 0 unspecified atom stereocenters. The summed E-state index contributed by atoms with van der Waals surface area (Å²) in [5.41, 5.74) is 1.93. The van der Waals surface area contributed by atoms with Crippen molar-refractivity contribution in [2.45, 2.75) is 20.0 Å². The number of ketones is 1. The topological polar surface area (TPSA) is 71.1 Å². The third-order valence-corrected chi connectivity index (χ3v) is 3.87.